The number of rotatable bonds is 5. The van der Waals surface area contributed by atoms with Crippen molar-refractivity contribution in [1.82, 2.24) is 4.90 Å². The predicted octanol–water partition coefficient (Wildman–Crippen LogP) is 3.34. The van der Waals surface area contributed by atoms with Crippen LogP contribution in [-0.4, -0.2) is 30.7 Å². The van der Waals surface area contributed by atoms with Gasteiger partial charge in [0.1, 0.15) is 5.82 Å². The first-order chi connectivity index (χ1) is 10.9. The number of halogens is 1. The second-order valence-corrected chi connectivity index (χ2v) is 5.47. The van der Waals surface area contributed by atoms with Gasteiger partial charge in [0.25, 0.3) is 5.91 Å². The minimum Gasteiger partial charge on any atom is -0.380 e. The summed E-state index contributed by atoms with van der Waals surface area (Å²) in [7, 11) is 3.40. The van der Waals surface area contributed by atoms with Gasteiger partial charge >= 0.3 is 0 Å². The second kappa shape index (κ2) is 7.05. The molecule has 1 N–H and O–H groups in total. The van der Waals surface area contributed by atoms with Crippen LogP contribution in [0.4, 0.5) is 10.1 Å². The van der Waals surface area contributed by atoms with Gasteiger partial charge in [0.15, 0.2) is 5.78 Å². The third-order valence-electron chi connectivity index (χ3n) is 3.46. The molecule has 0 spiro atoms. The fourth-order valence-corrected chi connectivity index (χ4v) is 2.25. The van der Waals surface area contributed by atoms with Gasteiger partial charge in [0, 0.05) is 31.9 Å². The van der Waals surface area contributed by atoms with Crippen molar-refractivity contribution in [2.75, 3.05) is 19.4 Å². The first-order valence-electron chi connectivity index (χ1n) is 7.24. The average molecular weight is 314 g/mol. The number of hydrogen-bond acceptors (Lipinski definition) is 3. The van der Waals surface area contributed by atoms with E-state index in [4.69, 9.17) is 0 Å². The summed E-state index contributed by atoms with van der Waals surface area (Å²) in [6, 6.07) is 11.6. The molecule has 0 bridgehead atoms. The Morgan fingerprint density at radius 1 is 1.09 bits per heavy atom. The molecule has 0 aliphatic carbocycles. The van der Waals surface area contributed by atoms with E-state index in [1.807, 2.05) is 12.1 Å². The lowest BCUT2D eigenvalue weighted by atomic mass is 10.1. The lowest BCUT2D eigenvalue weighted by Gasteiger charge is -2.12. The number of Topliss-reactive ketones (excluding diaryl/α,β-unsaturated/α-hetero) is 1. The molecule has 2 aromatic rings. The van der Waals surface area contributed by atoms with Crippen LogP contribution in [0, 0.1) is 5.82 Å². The number of carbonyl (C=O) groups is 2. The highest BCUT2D eigenvalue weighted by molar-refractivity contribution is 5.99. The molecule has 0 heterocycles. The van der Waals surface area contributed by atoms with E-state index in [1.165, 1.54) is 17.9 Å². The summed E-state index contributed by atoms with van der Waals surface area (Å²) in [5.74, 6) is -0.916. The minimum atomic E-state index is -0.533. The second-order valence-electron chi connectivity index (χ2n) is 5.47. The van der Waals surface area contributed by atoms with Gasteiger partial charge in [0.2, 0.25) is 0 Å². The number of nitrogens with zero attached hydrogens (tertiary/aromatic N) is 1. The Hall–Kier alpha value is -2.69. The van der Waals surface area contributed by atoms with Crippen LogP contribution < -0.4 is 5.32 Å². The Morgan fingerprint density at radius 2 is 1.74 bits per heavy atom. The van der Waals surface area contributed by atoms with Crippen LogP contribution in [0.1, 0.15) is 33.2 Å². The lowest BCUT2D eigenvalue weighted by molar-refractivity contribution is 0.0827. The third-order valence-corrected chi connectivity index (χ3v) is 3.46. The number of amides is 1. The highest BCUT2D eigenvalue weighted by Crippen LogP contribution is 2.20. The van der Waals surface area contributed by atoms with E-state index >= 15 is 0 Å². The standard InChI is InChI=1S/C18H19FN2O2/c1-12(22)17-15(19)5-4-6-16(17)20-11-13-7-9-14(10-8-13)18(23)21(2)3/h4-10,20H,11H2,1-3H3. The molecule has 5 heteroatoms. The molecule has 2 aromatic carbocycles. The summed E-state index contributed by atoms with van der Waals surface area (Å²) < 4.78 is 13.7. The van der Waals surface area contributed by atoms with Gasteiger partial charge in [-0.25, -0.2) is 4.39 Å². The van der Waals surface area contributed by atoms with E-state index < -0.39 is 5.82 Å². The van der Waals surface area contributed by atoms with Gasteiger partial charge in [-0.3, -0.25) is 9.59 Å². The molecule has 0 aliphatic rings. The van der Waals surface area contributed by atoms with E-state index in [-0.39, 0.29) is 17.3 Å². The van der Waals surface area contributed by atoms with Gasteiger partial charge in [-0.1, -0.05) is 18.2 Å². The van der Waals surface area contributed by atoms with E-state index in [0.717, 1.165) is 5.56 Å². The molecule has 1 amide bonds. The zero-order valence-electron chi connectivity index (χ0n) is 13.4. The molecule has 0 atom stereocenters. The topological polar surface area (TPSA) is 49.4 Å². The Morgan fingerprint density at radius 3 is 2.30 bits per heavy atom. The van der Waals surface area contributed by atoms with Crippen LogP contribution in [-0.2, 0) is 6.54 Å². The lowest BCUT2D eigenvalue weighted by Crippen LogP contribution is -2.21. The van der Waals surface area contributed by atoms with E-state index in [0.29, 0.717) is 17.8 Å². The van der Waals surface area contributed by atoms with Crippen molar-refractivity contribution in [2.24, 2.45) is 0 Å². The number of nitrogens with one attached hydrogen (secondary N) is 1. The van der Waals surface area contributed by atoms with Crippen LogP contribution in [0.5, 0.6) is 0 Å². The molecule has 0 saturated heterocycles. The molecule has 0 saturated carbocycles. The van der Waals surface area contributed by atoms with Crippen LogP contribution in [0.25, 0.3) is 0 Å². The van der Waals surface area contributed by atoms with Crippen LogP contribution in [0.15, 0.2) is 42.5 Å². The molecule has 0 aromatic heterocycles. The number of anilines is 1. The Labute approximate surface area is 134 Å². The quantitative estimate of drug-likeness (QED) is 0.861. The van der Waals surface area contributed by atoms with Crippen molar-refractivity contribution < 1.29 is 14.0 Å². The van der Waals surface area contributed by atoms with Gasteiger partial charge in [0.05, 0.1) is 5.56 Å². The Bertz CT molecular complexity index is 724. The van der Waals surface area contributed by atoms with Crippen LogP contribution in [0.3, 0.4) is 0 Å². The number of benzene rings is 2. The number of hydrogen-bond donors (Lipinski definition) is 1. The molecular weight excluding hydrogens is 295 g/mol. The Balaban J connectivity index is 2.12. The van der Waals surface area contributed by atoms with E-state index in [9.17, 15) is 14.0 Å². The maximum Gasteiger partial charge on any atom is 0.253 e. The van der Waals surface area contributed by atoms with Crippen molar-refractivity contribution in [2.45, 2.75) is 13.5 Å². The molecule has 0 unspecified atom stereocenters. The predicted molar refractivity (Wildman–Crippen MR) is 88.2 cm³/mol. The maximum atomic E-state index is 13.7. The summed E-state index contributed by atoms with van der Waals surface area (Å²) in [5, 5.41) is 3.07. The summed E-state index contributed by atoms with van der Waals surface area (Å²) in [5.41, 5.74) is 2.06. The summed E-state index contributed by atoms with van der Waals surface area (Å²) in [4.78, 5) is 24.9. The van der Waals surface area contributed by atoms with Crippen molar-refractivity contribution in [3.63, 3.8) is 0 Å². The molecule has 0 aliphatic heterocycles. The number of ketones is 1. The fraction of sp³-hybridized carbons (Fsp3) is 0.222. The highest BCUT2D eigenvalue weighted by Gasteiger charge is 2.12. The molecule has 0 fully saturated rings. The zero-order valence-corrected chi connectivity index (χ0v) is 13.4. The molecule has 23 heavy (non-hydrogen) atoms. The number of carbonyl (C=O) groups excluding carboxylic acids is 2. The molecular formula is C18H19FN2O2. The zero-order chi connectivity index (χ0) is 17.0. The minimum absolute atomic E-state index is 0.0616. The summed E-state index contributed by atoms with van der Waals surface area (Å²) >= 11 is 0. The van der Waals surface area contributed by atoms with Crippen LogP contribution in [0.2, 0.25) is 0 Å². The molecule has 0 radical (unpaired) electrons. The first kappa shape index (κ1) is 16.7. The normalized spacial score (nSPS) is 10.3. The SMILES string of the molecule is CC(=O)c1c(F)cccc1NCc1ccc(C(=O)N(C)C)cc1. The van der Waals surface area contributed by atoms with Gasteiger partial charge < -0.3 is 10.2 Å². The van der Waals surface area contributed by atoms with Crippen molar-refractivity contribution >= 4 is 17.4 Å². The van der Waals surface area contributed by atoms with Crippen molar-refractivity contribution in [1.29, 1.82) is 0 Å². The highest BCUT2D eigenvalue weighted by atomic mass is 19.1. The van der Waals surface area contributed by atoms with Gasteiger partial charge in [-0.2, -0.15) is 0 Å². The monoisotopic (exact) mass is 314 g/mol. The fourth-order valence-electron chi connectivity index (χ4n) is 2.25. The van der Waals surface area contributed by atoms with Gasteiger partial charge in [-0.05, 0) is 36.8 Å². The van der Waals surface area contributed by atoms with Gasteiger partial charge in [-0.15, -0.1) is 0 Å². The van der Waals surface area contributed by atoms with Crippen molar-refractivity contribution in [3.8, 4) is 0 Å². The first-order valence-corrected chi connectivity index (χ1v) is 7.24. The third kappa shape index (κ3) is 3.94. The summed E-state index contributed by atoms with van der Waals surface area (Å²) in [6.07, 6.45) is 0. The maximum absolute atomic E-state index is 13.7. The smallest absolute Gasteiger partial charge is 0.253 e. The van der Waals surface area contributed by atoms with E-state index in [2.05, 4.69) is 5.32 Å². The van der Waals surface area contributed by atoms with E-state index in [1.54, 1.807) is 38.4 Å². The van der Waals surface area contributed by atoms with Crippen LogP contribution >= 0.6 is 0 Å². The Kier molecular flexibility index (Phi) is 5.11. The molecule has 120 valence electrons. The van der Waals surface area contributed by atoms with Crippen molar-refractivity contribution in [3.05, 3.63) is 65.0 Å². The summed E-state index contributed by atoms with van der Waals surface area (Å²) in [6.45, 7) is 1.77. The largest absolute Gasteiger partial charge is 0.380 e. The molecule has 2 rings (SSSR count). The molecule has 4 nitrogen and oxygen atoms in total. The average Bonchev–Trinajstić information content (AvgIpc) is 2.52.